The Morgan fingerprint density at radius 3 is 2.73 bits per heavy atom. The van der Waals surface area contributed by atoms with Crippen LogP contribution in [0.15, 0.2) is 0 Å². The van der Waals surface area contributed by atoms with E-state index in [0.29, 0.717) is 12.6 Å². The number of carboxylic acid groups (broad SMARTS) is 1. The van der Waals surface area contributed by atoms with E-state index in [0.717, 1.165) is 19.6 Å². The number of likely N-dealkylation sites (N-methyl/N-ethyl adjacent to an activating group) is 1. The number of hydrogen-bond acceptors (Lipinski definition) is 4. The Hall–Kier alpha value is -0.650. The van der Waals surface area contributed by atoms with Gasteiger partial charge in [-0.25, -0.2) is 0 Å². The van der Waals surface area contributed by atoms with Crippen molar-refractivity contribution in [3.8, 4) is 0 Å². The summed E-state index contributed by atoms with van der Waals surface area (Å²) >= 11 is 0. The quantitative estimate of drug-likeness (QED) is 0.660. The zero-order valence-electron chi connectivity index (χ0n) is 9.39. The number of carboxylic acids is 1. The maximum Gasteiger partial charge on any atom is 0.306 e. The van der Waals surface area contributed by atoms with Gasteiger partial charge >= 0.3 is 5.97 Å². The zero-order chi connectivity index (χ0) is 11.4. The van der Waals surface area contributed by atoms with E-state index < -0.39 is 12.1 Å². The Bertz CT molecular complexity index is 223. The highest BCUT2D eigenvalue weighted by Crippen LogP contribution is 2.09. The molecule has 1 fully saturated rings. The lowest BCUT2D eigenvalue weighted by molar-refractivity contribution is -0.139. The minimum atomic E-state index is -0.940. The zero-order valence-corrected chi connectivity index (χ0v) is 9.39. The van der Waals surface area contributed by atoms with Crippen LogP contribution in [-0.2, 0) is 4.79 Å². The van der Waals surface area contributed by atoms with Crippen LogP contribution in [0.25, 0.3) is 0 Å². The van der Waals surface area contributed by atoms with E-state index in [1.807, 2.05) is 0 Å². The van der Waals surface area contributed by atoms with Crippen LogP contribution in [0.3, 0.4) is 0 Å². The summed E-state index contributed by atoms with van der Waals surface area (Å²) in [6.07, 6.45) is -0.924. The number of carbonyl (C=O) groups is 1. The summed E-state index contributed by atoms with van der Waals surface area (Å²) in [6.45, 7) is 5.41. The Labute approximate surface area is 90.3 Å². The molecule has 1 heterocycles. The topological polar surface area (TPSA) is 64.0 Å². The molecule has 1 saturated heterocycles. The van der Waals surface area contributed by atoms with Crippen LogP contribution in [0.4, 0.5) is 0 Å². The van der Waals surface area contributed by atoms with Gasteiger partial charge in [-0.2, -0.15) is 0 Å². The highest BCUT2D eigenvalue weighted by atomic mass is 16.4. The van der Waals surface area contributed by atoms with E-state index >= 15 is 0 Å². The predicted molar refractivity (Wildman–Crippen MR) is 56.8 cm³/mol. The van der Waals surface area contributed by atoms with Crippen LogP contribution in [0.5, 0.6) is 0 Å². The maximum atomic E-state index is 10.4. The van der Waals surface area contributed by atoms with Crippen molar-refractivity contribution in [3.63, 3.8) is 0 Å². The van der Waals surface area contributed by atoms with Crippen molar-refractivity contribution in [3.05, 3.63) is 0 Å². The smallest absolute Gasteiger partial charge is 0.306 e. The van der Waals surface area contributed by atoms with Crippen LogP contribution in [0.1, 0.15) is 13.3 Å². The van der Waals surface area contributed by atoms with Gasteiger partial charge < -0.3 is 15.1 Å². The van der Waals surface area contributed by atoms with Crippen molar-refractivity contribution >= 4 is 5.97 Å². The summed E-state index contributed by atoms with van der Waals surface area (Å²) in [5.41, 5.74) is 0. The van der Waals surface area contributed by atoms with E-state index in [1.165, 1.54) is 0 Å². The van der Waals surface area contributed by atoms with Gasteiger partial charge in [-0.15, -0.1) is 0 Å². The van der Waals surface area contributed by atoms with Gasteiger partial charge in [0.05, 0.1) is 12.5 Å². The molecule has 0 amide bonds. The number of rotatable bonds is 4. The lowest BCUT2D eigenvalue weighted by atomic mass is 10.1. The monoisotopic (exact) mass is 216 g/mol. The molecule has 5 heteroatoms. The van der Waals surface area contributed by atoms with Gasteiger partial charge in [0, 0.05) is 32.2 Å². The Kier molecular flexibility index (Phi) is 4.50. The normalized spacial score (nSPS) is 26.5. The molecule has 2 N–H and O–H groups in total. The molecule has 0 aromatic rings. The summed E-state index contributed by atoms with van der Waals surface area (Å²) in [6, 6.07) is 0.382. The molecule has 15 heavy (non-hydrogen) atoms. The Balaban J connectivity index is 2.34. The number of aliphatic carboxylic acids is 1. The van der Waals surface area contributed by atoms with E-state index in [1.54, 1.807) is 0 Å². The van der Waals surface area contributed by atoms with E-state index in [9.17, 15) is 9.90 Å². The maximum absolute atomic E-state index is 10.4. The molecule has 2 unspecified atom stereocenters. The largest absolute Gasteiger partial charge is 0.481 e. The summed E-state index contributed by atoms with van der Waals surface area (Å²) in [7, 11) is 2.07. The second-order valence-electron chi connectivity index (χ2n) is 4.36. The minimum absolute atomic E-state index is 0.168. The van der Waals surface area contributed by atoms with Crippen molar-refractivity contribution in [2.75, 3.05) is 33.2 Å². The molecule has 5 nitrogen and oxygen atoms in total. The molecule has 1 rings (SSSR count). The van der Waals surface area contributed by atoms with Gasteiger partial charge in [0.1, 0.15) is 0 Å². The molecular weight excluding hydrogens is 196 g/mol. The third-order valence-electron chi connectivity index (χ3n) is 2.82. The third kappa shape index (κ3) is 4.15. The molecule has 0 bridgehead atoms. The van der Waals surface area contributed by atoms with Crippen LogP contribution >= 0.6 is 0 Å². The standard InChI is InChI=1S/C10H20N2O3/c1-8-6-11(2)3-4-12(8)7-9(13)5-10(14)15/h8-9,13H,3-7H2,1-2H3,(H,14,15). The minimum Gasteiger partial charge on any atom is -0.481 e. The molecule has 0 aliphatic carbocycles. The molecule has 88 valence electrons. The number of nitrogens with zero attached hydrogens (tertiary/aromatic N) is 2. The Morgan fingerprint density at radius 2 is 2.20 bits per heavy atom. The van der Waals surface area contributed by atoms with Crippen molar-refractivity contribution in [2.24, 2.45) is 0 Å². The average Bonchev–Trinajstić information content (AvgIpc) is 2.08. The highest BCUT2D eigenvalue weighted by molar-refractivity contribution is 5.67. The van der Waals surface area contributed by atoms with E-state index in [4.69, 9.17) is 5.11 Å². The number of aliphatic hydroxyl groups is 1. The molecule has 0 spiro atoms. The number of aliphatic hydroxyl groups excluding tert-OH is 1. The van der Waals surface area contributed by atoms with Crippen LogP contribution in [0.2, 0.25) is 0 Å². The predicted octanol–water partition coefficient (Wildman–Crippen LogP) is -0.542. The highest BCUT2D eigenvalue weighted by Gasteiger charge is 2.23. The molecule has 1 aliphatic heterocycles. The lowest BCUT2D eigenvalue weighted by Crippen LogP contribution is -2.52. The fraction of sp³-hybridized carbons (Fsp3) is 0.900. The number of hydrogen-bond donors (Lipinski definition) is 2. The van der Waals surface area contributed by atoms with Crippen molar-refractivity contribution in [1.29, 1.82) is 0 Å². The second kappa shape index (κ2) is 5.44. The fourth-order valence-electron chi connectivity index (χ4n) is 1.99. The average molecular weight is 216 g/mol. The van der Waals surface area contributed by atoms with Crippen molar-refractivity contribution in [2.45, 2.75) is 25.5 Å². The van der Waals surface area contributed by atoms with Crippen LogP contribution in [-0.4, -0.2) is 71.4 Å². The second-order valence-corrected chi connectivity index (χ2v) is 4.36. The summed E-state index contributed by atoms with van der Waals surface area (Å²) in [5, 5.41) is 18.1. The van der Waals surface area contributed by atoms with Gasteiger partial charge in [-0.3, -0.25) is 9.69 Å². The first kappa shape index (κ1) is 12.4. The fourth-order valence-corrected chi connectivity index (χ4v) is 1.99. The SMILES string of the molecule is CC1CN(C)CCN1CC(O)CC(=O)O. The summed E-state index contributed by atoms with van der Waals surface area (Å²) in [4.78, 5) is 14.8. The van der Waals surface area contributed by atoms with E-state index in [2.05, 4.69) is 23.8 Å². The summed E-state index contributed by atoms with van der Waals surface area (Å²) < 4.78 is 0. The van der Waals surface area contributed by atoms with Crippen LogP contribution < -0.4 is 0 Å². The molecule has 2 atom stereocenters. The first-order valence-corrected chi connectivity index (χ1v) is 5.31. The van der Waals surface area contributed by atoms with Gasteiger partial charge in [-0.05, 0) is 14.0 Å². The molecular formula is C10H20N2O3. The molecule has 0 radical (unpaired) electrons. The number of piperazine rings is 1. The summed E-state index contributed by atoms with van der Waals surface area (Å²) in [5.74, 6) is -0.940. The van der Waals surface area contributed by atoms with Crippen molar-refractivity contribution in [1.82, 2.24) is 9.80 Å². The van der Waals surface area contributed by atoms with E-state index in [-0.39, 0.29) is 6.42 Å². The molecule has 0 aromatic heterocycles. The molecule has 0 aromatic carbocycles. The van der Waals surface area contributed by atoms with Gasteiger partial charge in [0.25, 0.3) is 0 Å². The van der Waals surface area contributed by atoms with Crippen molar-refractivity contribution < 1.29 is 15.0 Å². The molecule has 1 aliphatic rings. The molecule has 0 saturated carbocycles. The number of β-amino-alcohol motifs (C(OH)–C–C–N with tert-alkyl or cyclic N) is 1. The van der Waals surface area contributed by atoms with Gasteiger partial charge in [0.15, 0.2) is 0 Å². The van der Waals surface area contributed by atoms with Crippen LogP contribution in [0, 0.1) is 0 Å². The van der Waals surface area contributed by atoms with Gasteiger partial charge in [-0.1, -0.05) is 0 Å². The third-order valence-corrected chi connectivity index (χ3v) is 2.82. The van der Waals surface area contributed by atoms with Gasteiger partial charge in [0.2, 0.25) is 0 Å². The lowest BCUT2D eigenvalue weighted by Gasteiger charge is -2.38. The first-order valence-electron chi connectivity index (χ1n) is 5.31. The Morgan fingerprint density at radius 1 is 1.53 bits per heavy atom. The first-order chi connectivity index (χ1) is 6.99.